The predicted molar refractivity (Wildman–Crippen MR) is 110 cm³/mol. The van der Waals surface area contributed by atoms with Gasteiger partial charge in [-0.2, -0.15) is 0 Å². The van der Waals surface area contributed by atoms with Crippen molar-refractivity contribution in [2.24, 2.45) is 0 Å². The molecule has 0 fully saturated rings. The first-order valence-corrected chi connectivity index (χ1v) is 8.61. The zero-order chi connectivity index (χ0) is 17.9. The number of fused-ring (bicyclic) bond motifs is 2. The van der Waals surface area contributed by atoms with Gasteiger partial charge in [-0.15, -0.1) is 0 Å². The van der Waals surface area contributed by atoms with Crippen LogP contribution in [-0.2, 0) is 0 Å². The molecule has 4 rings (SSSR count). The molecule has 26 heavy (non-hydrogen) atoms. The SMILES string of the molecule is COc1ccc(C=Cc2ccc(OC)c3ccccc23)c2ccccc12. The van der Waals surface area contributed by atoms with Gasteiger partial charge in [0.05, 0.1) is 14.2 Å². The van der Waals surface area contributed by atoms with E-state index in [2.05, 4.69) is 60.7 Å². The van der Waals surface area contributed by atoms with E-state index in [1.807, 2.05) is 24.3 Å². The zero-order valence-corrected chi connectivity index (χ0v) is 14.9. The summed E-state index contributed by atoms with van der Waals surface area (Å²) in [5.41, 5.74) is 2.34. The van der Waals surface area contributed by atoms with Crippen LogP contribution in [-0.4, -0.2) is 14.2 Å². The Morgan fingerprint density at radius 1 is 0.500 bits per heavy atom. The van der Waals surface area contributed by atoms with Crippen molar-refractivity contribution in [2.75, 3.05) is 14.2 Å². The van der Waals surface area contributed by atoms with Crippen molar-refractivity contribution in [3.63, 3.8) is 0 Å². The van der Waals surface area contributed by atoms with E-state index in [-0.39, 0.29) is 0 Å². The van der Waals surface area contributed by atoms with Gasteiger partial charge in [0.15, 0.2) is 0 Å². The monoisotopic (exact) mass is 340 g/mol. The molecule has 0 saturated carbocycles. The fourth-order valence-electron chi connectivity index (χ4n) is 3.42. The highest BCUT2D eigenvalue weighted by molar-refractivity contribution is 6.00. The summed E-state index contributed by atoms with van der Waals surface area (Å²) in [5, 5.41) is 4.61. The van der Waals surface area contributed by atoms with Gasteiger partial charge in [-0.25, -0.2) is 0 Å². The van der Waals surface area contributed by atoms with Crippen molar-refractivity contribution in [2.45, 2.75) is 0 Å². The number of ether oxygens (including phenoxy) is 2. The predicted octanol–water partition coefficient (Wildman–Crippen LogP) is 6.18. The molecule has 0 radical (unpaired) electrons. The van der Waals surface area contributed by atoms with Gasteiger partial charge in [-0.05, 0) is 34.0 Å². The molecule has 0 aliphatic carbocycles. The molecule has 0 bridgehead atoms. The van der Waals surface area contributed by atoms with Crippen LogP contribution in [0.3, 0.4) is 0 Å². The summed E-state index contributed by atoms with van der Waals surface area (Å²) in [6.07, 6.45) is 4.33. The summed E-state index contributed by atoms with van der Waals surface area (Å²) < 4.78 is 11.0. The summed E-state index contributed by atoms with van der Waals surface area (Å²) in [7, 11) is 3.42. The lowest BCUT2D eigenvalue weighted by Gasteiger charge is -2.09. The van der Waals surface area contributed by atoms with Gasteiger partial charge in [0.2, 0.25) is 0 Å². The fraction of sp³-hybridized carbons (Fsp3) is 0.0833. The van der Waals surface area contributed by atoms with Crippen LogP contribution in [0.5, 0.6) is 11.5 Å². The molecule has 0 aliphatic heterocycles. The lowest BCUT2D eigenvalue weighted by Crippen LogP contribution is -1.87. The molecule has 4 aromatic rings. The van der Waals surface area contributed by atoms with E-state index in [4.69, 9.17) is 9.47 Å². The molecule has 2 heteroatoms. The van der Waals surface area contributed by atoms with Crippen molar-refractivity contribution >= 4 is 33.7 Å². The highest BCUT2D eigenvalue weighted by atomic mass is 16.5. The maximum Gasteiger partial charge on any atom is 0.126 e. The van der Waals surface area contributed by atoms with Crippen LogP contribution in [0, 0.1) is 0 Å². The summed E-state index contributed by atoms with van der Waals surface area (Å²) in [6, 6.07) is 24.9. The van der Waals surface area contributed by atoms with Gasteiger partial charge in [0.25, 0.3) is 0 Å². The van der Waals surface area contributed by atoms with Crippen LogP contribution in [0.15, 0.2) is 72.8 Å². The first kappa shape index (κ1) is 16.2. The quantitative estimate of drug-likeness (QED) is 0.413. The van der Waals surface area contributed by atoms with Crippen LogP contribution >= 0.6 is 0 Å². The van der Waals surface area contributed by atoms with Crippen molar-refractivity contribution < 1.29 is 9.47 Å². The minimum Gasteiger partial charge on any atom is -0.496 e. The van der Waals surface area contributed by atoms with Gasteiger partial charge >= 0.3 is 0 Å². The first-order valence-electron chi connectivity index (χ1n) is 8.61. The summed E-state index contributed by atoms with van der Waals surface area (Å²) in [5.74, 6) is 1.79. The Morgan fingerprint density at radius 2 is 0.885 bits per heavy atom. The van der Waals surface area contributed by atoms with Gasteiger partial charge in [-0.3, -0.25) is 0 Å². The molecule has 0 N–H and O–H groups in total. The molecule has 0 heterocycles. The molecule has 0 aliphatic rings. The number of hydrogen-bond donors (Lipinski definition) is 0. The number of methoxy groups -OCH3 is 2. The first-order chi connectivity index (χ1) is 12.8. The van der Waals surface area contributed by atoms with Crippen LogP contribution in [0.4, 0.5) is 0 Å². The Hall–Kier alpha value is -3.26. The molecule has 2 nitrogen and oxygen atoms in total. The van der Waals surface area contributed by atoms with Crippen LogP contribution < -0.4 is 9.47 Å². The zero-order valence-electron chi connectivity index (χ0n) is 14.9. The summed E-state index contributed by atoms with van der Waals surface area (Å²) in [4.78, 5) is 0. The average Bonchev–Trinajstić information content (AvgIpc) is 2.71. The molecule has 0 unspecified atom stereocenters. The molecular formula is C24H20O2. The van der Waals surface area contributed by atoms with Crippen molar-refractivity contribution in [1.29, 1.82) is 0 Å². The van der Waals surface area contributed by atoms with Crippen LogP contribution in [0.25, 0.3) is 33.7 Å². The maximum atomic E-state index is 5.49. The second-order valence-electron chi connectivity index (χ2n) is 6.14. The topological polar surface area (TPSA) is 18.5 Å². The van der Waals surface area contributed by atoms with Gasteiger partial charge in [0.1, 0.15) is 11.5 Å². The molecule has 128 valence electrons. The number of rotatable bonds is 4. The fourth-order valence-corrected chi connectivity index (χ4v) is 3.42. The number of hydrogen-bond acceptors (Lipinski definition) is 2. The Balaban J connectivity index is 1.83. The summed E-state index contributed by atoms with van der Waals surface area (Å²) in [6.45, 7) is 0. The molecule has 0 atom stereocenters. The Labute approximate surface area is 153 Å². The highest BCUT2D eigenvalue weighted by Gasteiger charge is 2.06. The Bertz CT molecular complexity index is 1020. The van der Waals surface area contributed by atoms with E-state index in [0.717, 1.165) is 22.3 Å². The molecular weight excluding hydrogens is 320 g/mol. The second kappa shape index (κ2) is 6.93. The van der Waals surface area contributed by atoms with Crippen LogP contribution in [0.2, 0.25) is 0 Å². The molecule has 0 saturated heterocycles. The van der Waals surface area contributed by atoms with E-state index in [1.165, 1.54) is 21.9 Å². The standard InChI is InChI=1S/C24H20O2/c1-25-23-15-13-17(19-7-3-5-9-21(19)23)11-12-18-14-16-24(26-2)22-10-6-4-8-20(18)22/h3-16H,1-2H3. The van der Waals surface area contributed by atoms with Crippen molar-refractivity contribution in [1.82, 2.24) is 0 Å². The lowest BCUT2D eigenvalue weighted by molar-refractivity contribution is 0.419. The molecule has 4 aromatic carbocycles. The van der Waals surface area contributed by atoms with E-state index >= 15 is 0 Å². The van der Waals surface area contributed by atoms with Gasteiger partial charge in [0, 0.05) is 10.8 Å². The minimum absolute atomic E-state index is 0.896. The molecule has 0 amide bonds. The normalized spacial score (nSPS) is 11.3. The third kappa shape index (κ3) is 2.80. The second-order valence-corrected chi connectivity index (χ2v) is 6.14. The van der Waals surface area contributed by atoms with Crippen molar-refractivity contribution in [3.8, 4) is 11.5 Å². The van der Waals surface area contributed by atoms with E-state index in [1.54, 1.807) is 14.2 Å². The Morgan fingerprint density at radius 3 is 1.27 bits per heavy atom. The lowest BCUT2D eigenvalue weighted by atomic mass is 10.00. The van der Waals surface area contributed by atoms with Crippen molar-refractivity contribution in [3.05, 3.63) is 83.9 Å². The van der Waals surface area contributed by atoms with E-state index < -0.39 is 0 Å². The largest absolute Gasteiger partial charge is 0.496 e. The van der Waals surface area contributed by atoms with Gasteiger partial charge in [-0.1, -0.05) is 72.8 Å². The highest BCUT2D eigenvalue weighted by Crippen LogP contribution is 2.32. The van der Waals surface area contributed by atoms with Crippen LogP contribution in [0.1, 0.15) is 11.1 Å². The third-order valence-electron chi connectivity index (χ3n) is 4.72. The smallest absolute Gasteiger partial charge is 0.126 e. The average molecular weight is 340 g/mol. The molecule has 0 aromatic heterocycles. The van der Waals surface area contributed by atoms with E-state index in [0.29, 0.717) is 0 Å². The van der Waals surface area contributed by atoms with Gasteiger partial charge < -0.3 is 9.47 Å². The summed E-state index contributed by atoms with van der Waals surface area (Å²) >= 11 is 0. The van der Waals surface area contributed by atoms with E-state index in [9.17, 15) is 0 Å². The minimum atomic E-state index is 0.896. The third-order valence-corrected chi connectivity index (χ3v) is 4.72. The number of benzene rings is 4. The molecule has 0 spiro atoms. The Kier molecular flexibility index (Phi) is 4.32. The maximum absolute atomic E-state index is 5.49.